The number of hydrogen-bond donors (Lipinski definition) is 2. The summed E-state index contributed by atoms with van der Waals surface area (Å²) >= 11 is 0. The van der Waals surface area contributed by atoms with Crippen LogP contribution in [0, 0.1) is 0 Å². The van der Waals surface area contributed by atoms with Crippen LogP contribution in [0.3, 0.4) is 0 Å². The first kappa shape index (κ1) is 13.9. The van der Waals surface area contributed by atoms with Gasteiger partial charge in [-0.3, -0.25) is 4.90 Å². The average molecular weight is 229 g/mol. The van der Waals surface area contributed by atoms with Gasteiger partial charge < -0.3 is 15.3 Å². The molecule has 0 saturated carbocycles. The van der Waals surface area contributed by atoms with Crippen molar-refractivity contribution in [2.45, 2.75) is 32.4 Å². The predicted molar refractivity (Wildman–Crippen MR) is 67.7 cm³/mol. The number of aliphatic hydroxyl groups excluding tert-OH is 1. The van der Waals surface area contributed by atoms with Gasteiger partial charge in [0.15, 0.2) is 0 Å². The van der Waals surface area contributed by atoms with Crippen molar-refractivity contribution in [2.24, 2.45) is 0 Å². The summed E-state index contributed by atoms with van der Waals surface area (Å²) in [6, 6.07) is 0.924. The van der Waals surface area contributed by atoms with Gasteiger partial charge in [0.1, 0.15) is 0 Å². The van der Waals surface area contributed by atoms with E-state index in [9.17, 15) is 0 Å². The van der Waals surface area contributed by atoms with E-state index in [0.29, 0.717) is 6.04 Å². The van der Waals surface area contributed by atoms with Crippen LogP contribution in [0.25, 0.3) is 0 Å². The van der Waals surface area contributed by atoms with Gasteiger partial charge in [0.2, 0.25) is 0 Å². The first-order chi connectivity index (χ1) is 7.67. The van der Waals surface area contributed by atoms with E-state index in [1.54, 1.807) is 0 Å². The molecule has 2 N–H and O–H groups in total. The Bertz CT molecular complexity index is 175. The van der Waals surface area contributed by atoms with Crippen molar-refractivity contribution in [3.63, 3.8) is 0 Å². The highest BCUT2D eigenvalue weighted by molar-refractivity contribution is 4.75. The molecule has 0 aromatic rings. The molecule has 1 aliphatic rings. The average Bonchev–Trinajstić information content (AvgIpc) is 2.31. The molecule has 0 aromatic heterocycles. The molecular weight excluding hydrogens is 202 g/mol. The van der Waals surface area contributed by atoms with Crippen molar-refractivity contribution in [2.75, 3.05) is 46.4 Å². The topological polar surface area (TPSA) is 38.7 Å². The van der Waals surface area contributed by atoms with Gasteiger partial charge >= 0.3 is 0 Å². The van der Waals surface area contributed by atoms with E-state index in [2.05, 4.69) is 29.0 Å². The second-order valence-corrected chi connectivity index (χ2v) is 4.93. The van der Waals surface area contributed by atoms with Crippen molar-refractivity contribution in [1.82, 2.24) is 15.1 Å². The molecule has 0 radical (unpaired) electrons. The smallest absolute Gasteiger partial charge is 0.0585 e. The van der Waals surface area contributed by atoms with Crippen molar-refractivity contribution in [1.29, 1.82) is 0 Å². The Kier molecular flexibility index (Phi) is 6.28. The first-order valence-corrected chi connectivity index (χ1v) is 6.42. The van der Waals surface area contributed by atoms with Gasteiger partial charge in [-0.1, -0.05) is 0 Å². The largest absolute Gasteiger partial charge is 0.395 e. The molecule has 4 heteroatoms. The molecule has 1 saturated heterocycles. The number of rotatable bonds is 6. The van der Waals surface area contributed by atoms with Crippen LogP contribution < -0.4 is 5.32 Å². The Morgan fingerprint density at radius 2 is 1.81 bits per heavy atom. The van der Waals surface area contributed by atoms with E-state index in [1.165, 1.54) is 26.2 Å². The lowest BCUT2D eigenvalue weighted by atomic mass is 10.2. The van der Waals surface area contributed by atoms with Crippen LogP contribution in [0.1, 0.15) is 20.3 Å². The maximum absolute atomic E-state index is 9.08. The Hall–Kier alpha value is -0.160. The minimum absolute atomic E-state index is 0.239. The van der Waals surface area contributed by atoms with E-state index in [1.807, 2.05) is 7.05 Å². The van der Waals surface area contributed by atoms with Crippen molar-refractivity contribution in [3.05, 3.63) is 0 Å². The summed E-state index contributed by atoms with van der Waals surface area (Å²) < 4.78 is 0. The van der Waals surface area contributed by atoms with E-state index >= 15 is 0 Å². The lowest BCUT2D eigenvalue weighted by Crippen LogP contribution is -2.49. The Morgan fingerprint density at radius 3 is 2.25 bits per heavy atom. The van der Waals surface area contributed by atoms with E-state index in [0.717, 1.165) is 13.0 Å². The summed E-state index contributed by atoms with van der Waals surface area (Å²) in [4.78, 5) is 5.02. The standard InChI is InChI=1S/C12H27N3O/c1-11(2)15-8-6-14(7-9-15)5-4-12(10-16)13-3/h11-13,16H,4-10H2,1-3H3. The highest BCUT2D eigenvalue weighted by atomic mass is 16.3. The van der Waals surface area contributed by atoms with Gasteiger partial charge in [-0.25, -0.2) is 0 Å². The van der Waals surface area contributed by atoms with Gasteiger partial charge in [-0.05, 0) is 33.9 Å². The number of aliphatic hydroxyl groups is 1. The minimum Gasteiger partial charge on any atom is -0.395 e. The Labute approximate surface area is 99.6 Å². The molecule has 1 atom stereocenters. The van der Waals surface area contributed by atoms with Crippen LogP contribution in [0.4, 0.5) is 0 Å². The predicted octanol–water partition coefficient (Wildman–Crippen LogP) is -0.0172. The second-order valence-electron chi connectivity index (χ2n) is 4.93. The monoisotopic (exact) mass is 229 g/mol. The molecule has 1 rings (SSSR count). The number of hydrogen-bond acceptors (Lipinski definition) is 4. The fourth-order valence-electron chi connectivity index (χ4n) is 2.17. The van der Waals surface area contributed by atoms with Crippen LogP contribution in [0.15, 0.2) is 0 Å². The van der Waals surface area contributed by atoms with Crippen molar-refractivity contribution in [3.8, 4) is 0 Å². The summed E-state index contributed by atoms with van der Waals surface area (Å²) in [6.07, 6.45) is 1.04. The number of likely N-dealkylation sites (N-methyl/N-ethyl adjacent to an activating group) is 1. The van der Waals surface area contributed by atoms with Crippen LogP contribution >= 0.6 is 0 Å². The molecule has 1 aliphatic heterocycles. The summed E-state index contributed by atoms with van der Waals surface area (Å²) in [5.41, 5.74) is 0. The highest BCUT2D eigenvalue weighted by Crippen LogP contribution is 2.06. The minimum atomic E-state index is 0.239. The third kappa shape index (κ3) is 4.37. The Morgan fingerprint density at radius 1 is 1.19 bits per heavy atom. The molecule has 0 amide bonds. The zero-order valence-corrected chi connectivity index (χ0v) is 10.9. The quantitative estimate of drug-likeness (QED) is 0.671. The molecule has 0 spiro atoms. The summed E-state index contributed by atoms with van der Waals surface area (Å²) in [5.74, 6) is 0. The SMILES string of the molecule is CNC(CO)CCN1CCN(C(C)C)CC1. The van der Waals surface area contributed by atoms with Gasteiger partial charge in [-0.15, -0.1) is 0 Å². The molecule has 0 aromatic carbocycles. The molecule has 1 heterocycles. The van der Waals surface area contributed by atoms with Crippen LogP contribution in [-0.4, -0.2) is 73.4 Å². The van der Waals surface area contributed by atoms with Gasteiger partial charge in [0, 0.05) is 38.3 Å². The van der Waals surface area contributed by atoms with E-state index < -0.39 is 0 Å². The van der Waals surface area contributed by atoms with Crippen LogP contribution in [0.2, 0.25) is 0 Å². The van der Waals surface area contributed by atoms with Gasteiger partial charge in [0.25, 0.3) is 0 Å². The molecule has 0 bridgehead atoms. The summed E-state index contributed by atoms with van der Waals surface area (Å²) in [5, 5.41) is 12.2. The van der Waals surface area contributed by atoms with Gasteiger partial charge in [0.05, 0.1) is 6.61 Å². The number of nitrogens with one attached hydrogen (secondary N) is 1. The third-order valence-corrected chi connectivity index (χ3v) is 3.56. The molecule has 1 fully saturated rings. The molecule has 96 valence electrons. The first-order valence-electron chi connectivity index (χ1n) is 6.42. The molecule has 1 unspecified atom stereocenters. The molecule has 4 nitrogen and oxygen atoms in total. The Balaban J connectivity index is 2.17. The zero-order chi connectivity index (χ0) is 12.0. The van der Waals surface area contributed by atoms with Gasteiger partial charge in [-0.2, -0.15) is 0 Å². The second kappa shape index (κ2) is 7.22. The van der Waals surface area contributed by atoms with Crippen molar-refractivity contribution < 1.29 is 5.11 Å². The molecule has 0 aliphatic carbocycles. The third-order valence-electron chi connectivity index (χ3n) is 3.56. The number of piperazine rings is 1. The maximum atomic E-state index is 9.08. The highest BCUT2D eigenvalue weighted by Gasteiger charge is 2.18. The van der Waals surface area contributed by atoms with E-state index in [4.69, 9.17) is 5.11 Å². The molecular formula is C12H27N3O. The van der Waals surface area contributed by atoms with Crippen LogP contribution in [-0.2, 0) is 0 Å². The fraction of sp³-hybridized carbons (Fsp3) is 1.00. The van der Waals surface area contributed by atoms with E-state index in [-0.39, 0.29) is 12.6 Å². The fourth-order valence-corrected chi connectivity index (χ4v) is 2.17. The number of nitrogens with zero attached hydrogens (tertiary/aromatic N) is 2. The lowest BCUT2D eigenvalue weighted by Gasteiger charge is -2.37. The van der Waals surface area contributed by atoms with Crippen LogP contribution in [0.5, 0.6) is 0 Å². The molecule has 16 heavy (non-hydrogen) atoms. The maximum Gasteiger partial charge on any atom is 0.0585 e. The summed E-state index contributed by atoms with van der Waals surface area (Å²) in [7, 11) is 1.91. The van der Waals surface area contributed by atoms with Crippen molar-refractivity contribution >= 4 is 0 Å². The zero-order valence-electron chi connectivity index (χ0n) is 10.9. The lowest BCUT2D eigenvalue weighted by molar-refractivity contribution is 0.103. The summed E-state index contributed by atoms with van der Waals surface area (Å²) in [6.45, 7) is 10.6. The normalized spacial score (nSPS) is 21.6.